The van der Waals surface area contributed by atoms with Gasteiger partial charge in [-0.25, -0.2) is 9.59 Å². The minimum absolute atomic E-state index is 0.122. The van der Waals surface area contributed by atoms with Gasteiger partial charge in [0.2, 0.25) is 0 Å². The molecule has 6 nitrogen and oxygen atoms in total. The number of benzene rings is 2. The monoisotopic (exact) mass is 397 g/mol. The molecule has 1 fully saturated rings. The topological polar surface area (TPSA) is 76.1 Å². The van der Waals surface area contributed by atoms with Gasteiger partial charge in [0.25, 0.3) is 0 Å². The van der Waals surface area contributed by atoms with E-state index in [0.717, 1.165) is 24.0 Å². The first kappa shape index (κ1) is 20.7. The molecule has 0 aromatic heterocycles. The van der Waals surface area contributed by atoms with Gasteiger partial charge in [0.1, 0.15) is 12.4 Å². The molecule has 1 aliphatic rings. The number of hydrogen-bond donors (Lipinski definition) is 1. The van der Waals surface area contributed by atoms with E-state index in [1.54, 1.807) is 19.9 Å². The molecular formula is C23H27NO5. The zero-order valence-corrected chi connectivity index (χ0v) is 16.8. The molecule has 0 aliphatic carbocycles. The summed E-state index contributed by atoms with van der Waals surface area (Å²) in [5.74, 6) is 0.245. The minimum Gasteiger partial charge on any atom is -0.476 e. The molecule has 1 heterocycles. The van der Waals surface area contributed by atoms with Crippen LogP contribution in [0.5, 0.6) is 5.75 Å². The maximum absolute atomic E-state index is 12.5. The fourth-order valence-corrected chi connectivity index (χ4v) is 3.49. The Balaban J connectivity index is 1.63. The Morgan fingerprint density at radius 2 is 1.90 bits per heavy atom. The molecule has 0 radical (unpaired) electrons. The number of hydrogen-bond acceptors (Lipinski definition) is 4. The number of likely N-dealkylation sites (tertiary alicyclic amines) is 1. The van der Waals surface area contributed by atoms with Gasteiger partial charge in [0, 0.05) is 19.0 Å². The van der Waals surface area contributed by atoms with Gasteiger partial charge in [-0.3, -0.25) is 0 Å². The van der Waals surface area contributed by atoms with E-state index in [1.165, 1.54) is 4.90 Å². The van der Waals surface area contributed by atoms with Gasteiger partial charge in [0.15, 0.2) is 5.60 Å². The molecule has 1 atom stereocenters. The Kier molecular flexibility index (Phi) is 6.42. The number of rotatable bonds is 6. The van der Waals surface area contributed by atoms with E-state index in [9.17, 15) is 14.7 Å². The summed E-state index contributed by atoms with van der Waals surface area (Å²) in [5.41, 5.74) is 0.786. The van der Waals surface area contributed by atoms with Gasteiger partial charge < -0.3 is 19.5 Å². The van der Waals surface area contributed by atoms with E-state index in [0.29, 0.717) is 18.8 Å². The first-order chi connectivity index (χ1) is 13.8. The molecule has 0 spiro atoms. The van der Waals surface area contributed by atoms with Crippen molar-refractivity contribution < 1.29 is 24.2 Å². The predicted molar refractivity (Wildman–Crippen MR) is 109 cm³/mol. The third-order valence-corrected chi connectivity index (χ3v) is 5.10. The number of amides is 1. The number of carboxylic acid groups (broad SMARTS) is 1. The van der Waals surface area contributed by atoms with Crippen LogP contribution in [0.4, 0.5) is 4.79 Å². The smallest absolute Gasteiger partial charge is 0.407 e. The standard InChI is InChI=1S/C23H27NO5/c1-23(2,21(25)28-16-17-8-4-3-5-9-17)29-20-12-6-10-18(14-20)19-11-7-13-24(15-19)22(26)27/h3-6,8-10,12,14,19H,7,11,13,15-16H2,1-2H3,(H,26,27)/t19-/m1/s1. The van der Waals surface area contributed by atoms with Crippen LogP contribution in [-0.4, -0.2) is 40.8 Å². The highest BCUT2D eigenvalue weighted by atomic mass is 16.6. The van der Waals surface area contributed by atoms with Gasteiger partial charge in [-0.2, -0.15) is 0 Å². The minimum atomic E-state index is -1.15. The number of carbonyl (C=O) groups is 2. The maximum atomic E-state index is 12.5. The average molecular weight is 397 g/mol. The summed E-state index contributed by atoms with van der Waals surface area (Å²) in [6, 6.07) is 17.0. The lowest BCUT2D eigenvalue weighted by Crippen LogP contribution is -2.40. The Bertz CT molecular complexity index is 849. The first-order valence-corrected chi connectivity index (χ1v) is 9.83. The first-order valence-electron chi connectivity index (χ1n) is 9.83. The highest BCUT2D eigenvalue weighted by Crippen LogP contribution is 2.30. The van der Waals surface area contributed by atoms with Crippen molar-refractivity contribution in [3.63, 3.8) is 0 Å². The van der Waals surface area contributed by atoms with E-state index in [2.05, 4.69) is 0 Å². The summed E-state index contributed by atoms with van der Waals surface area (Å²) in [5, 5.41) is 9.25. The van der Waals surface area contributed by atoms with Crippen LogP contribution in [0.15, 0.2) is 54.6 Å². The molecule has 0 bridgehead atoms. The Morgan fingerprint density at radius 3 is 2.62 bits per heavy atom. The summed E-state index contributed by atoms with van der Waals surface area (Å²) in [7, 11) is 0. The summed E-state index contributed by atoms with van der Waals surface area (Å²) < 4.78 is 11.4. The molecule has 1 N–H and O–H groups in total. The van der Waals surface area contributed by atoms with Gasteiger partial charge in [0.05, 0.1) is 0 Å². The van der Waals surface area contributed by atoms with Gasteiger partial charge in [-0.15, -0.1) is 0 Å². The second-order valence-corrected chi connectivity index (χ2v) is 7.81. The second kappa shape index (κ2) is 8.99. The van der Waals surface area contributed by atoms with Crippen molar-refractivity contribution >= 4 is 12.1 Å². The molecule has 3 rings (SSSR count). The molecule has 1 aliphatic heterocycles. The highest BCUT2D eigenvalue weighted by molar-refractivity contribution is 5.79. The van der Waals surface area contributed by atoms with E-state index in [1.807, 2.05) is 48.5 Å². The van der Waals surface area contributed by atoms with Crippen molar-refractivity contribution in [2.24, 2.45) is 0 Å². The molecule has 0 saturated carbocycles. The summed E-state index contributed by atoms with van der Waals surface area (Å²) in [6.07, 6.45) is 0.874. The largest absolute Gasteiger partial charge is 0.476 e. The van der Waals surface area contributed by atoms with Crippen LogP contribution in [0.1, 0.15) is 43.7 Å². The lowest BCUT2D eigenvalue weighted by atomic mass is 9.90. The summed E-state index contributed by atoms with van der Waals surface area (Å²) in [4.78, 5) is 25.3. The summed E-state index contributed by atoms with van der Waals surface area (Å²) in [6.45, 7) is 4.60. The van der Waals surface area contributed by atoms with Crippen molar-refractivity contribution in [1.82, 2.24) is 4.90 Å². The van der Waals surface area contributed by atoms with Crippen molar-refractivity contribution in [2.45, 2.75) is 44.8 Å². The van der Waals surface area contributed by atoms with Crippen molar-refractivity contribution in [3.8, 4) is 5.75 Å². The van der Waals surface area contributed by atoms with Crippen LogP contribution < -0.4 is 4.74 Å². The zero-order valence-electron chi connectivity index (χ0n) is 16.8. The molecular weight excluding hydrogens is 370 g/mol. The molecule has 2 aromatic carbocycles. The summed E-state index contributed by atoms with van der Waals surface area (Å²) >= 11 is 0. The van der Waals surface area contributed by atoms with Crippen LogP contribution in [0, 0.1) is 0 Å². The fraction of sp³-hybridized carbons (Fsp3) is 0.391. The molecule has 29 heavy (non-hydrogen) atoms. The Hall–Kier alpha value is -3.02. The van der Waals surface area contributed by atoms with Crippen LogP contribution in [0.25, 0.3) is 0 Å². The Labute approximate surface area is 171 Å². The number of esters is 1. The molecule has 6 heteroatoms. The van der Waals surface area contributed by atoms with Gasteiger partial charge in [-0.05, 0) is 49.9 Å². The van der Waals surface area contributed by atoms with Gasteiger partial charge >= 0.3 is 12.1 Å². The normalized spacial score (nSPS) is 16.9. The molecule has 1 saturated heterocycles. The SMILES string of the molecule is CC(C)(Oc1cccc([C@@H]2CCCN(C(=O)O)C2)c1)C(=O)OCc1ccccc1. The molecule has 0 unspecified atom stereocenters. The van der Waals surface area contributed by atoms with Crippen molar-refractivity contribution in [3.05, 3.63) is 65.7 Å². The second-order valence-electron chi connectivity index (χ2n) is 7.81. The molecule has 1 amide bonds. The quantitative estimate of drug-likeness (QED) is 0.729. The molecule has 154 valence electrons. The van der Waals surface area contributed by atoms with Crippen LogP contribution >= 0.6 is 0 Å². The lowest BCUT2D eigenvalue weighted by Gasteiger charge is -2.31. The van der Waals surface area contributed by atoms with E-state index >= 15 is 0 Å². The van der Waals surface area contributed by atoms with E-state index < -0.39 is 17.7 Å². The third-order valence-electron chi connectivity index (χ3n) is 5.10. The van der Waals surface area contributed by atoms with Crippen molar-refractivity contribution in [2.75, 3.05) is 13.1 Å². The number of nitrogens with zero attached hydrogens (tertiary/aromatic N) is 1. The zero-order chi connectivity index (χ0) is 20.9. The van der Waals surface area contributed by atoms with Crippen LogP contribution in [0.3, 0.4) is 0 Å². The highest BCUT2D eigenvalue weighted by Gasteiger charge is 2.32. The number of piperidine rings is 1. The Morgan fingerprint density at radius 1 is 1.14 bits per heavy atom. The number of ether oxygens (including phenoxy) is 2. The lowest BCUT2D eigenvalue weighted by molar-refractivity contribution is -0.160. The average Bonchev–Trinajstić information content (AvgIpc) is 2.72. The van der Waals surface area contributed by atoms with Crippen molar-refractivity contribution in [1.29, 1.82) is 0 Å². The fourth-order valence-electron chi connectivity index (χ4n) is 3.49. The maximum Gasteiger partial charge on any atom is 0.407 e. The van der Waals surface area contributed by atoms with E-state index in [-0.39, 0.29) is 12.5 Å². The van der Waals surface area contributed by atoms with E-state index in [4.69, 9.17) is 9.47 Å². The van der Waals surface area contributed by atoms with Gasteiger partial charge in [-0.1, -0.05) is 42.5 Å². The third kappa shape index (κ3) is 5.50. The number of carbonyl (C=O) groups excluding carboxylic acids is 1. The van der Waals surface area contributed by atoms with Crippen LogP contribution in [0.2, 0.25) is 0 Å². The predicted octanol–water partition coefficient (Wildman–Crippen LogP) is 4.44. The molecule has 2 aromatic rings. The van der Waals surface area contributed by atoms with Crippen LogP contribution in [-0.2, 0) is 16.1 Å².